The Bertz CT molecular complexity index is 942. The fraction of sp³-hybridized carbons (Fsp3) is 0.500. The van der Waals surface area contributed by atoms with E-state index in [4.69, 9.17) is 4.74 Å². The number of aryl methyl sites for hydroxylation is 2. The summed E-state index contributed by atoms with van der Waals surface area (Å²) in [4.78, 5) is 25.2. The number of nitrogens with one attached hydrogen (secondary N) is 2. The summed E-state index contributed by atoms with van der Waals surface area (Å²) >= 11 is 0. The maximum Gasteiger partial charge on any atom is 0.255 e. The summed E-state index contributed by atoms with van der Waals surface area (Å²) in [7, 11) is 1.86. The first-order chi connectivity index (χ1) is 13.9. The minimum atomic E-state index is -0.448. The number of hydrogen-bond acceptors (Lipinski definition) is 4. The number of para-hydroxylation sites is 1. The van der Waals surface area contributed by atoms with Crippen molar-refractivity contribution in [3.63, 3.8) is 0 Å². The van der Waals surface area contributed by atoms with Crippen LogP contribution in [0, 0.1) is 12.8 Å². The van der Waals surface area contributed by atoms with Gasteiger partial charge in [-0.15, -0.1) is 0 Å². The molecule has 0 unspecified atom stereocenters. The van der Waals surface area contributed by atoms with Crippen molar-refractivity contribution >= 4 is 17.6 Å². The van der Waals surface area contributed by atoms with Crippen molar-refractivity contribution in [2.45, 2.75) is 51.6 Å². The fourth-order valence-corrected chi connectivity index (χ4v) is 4.45. The molecule has 1 aromatic carbocycles. The Morgan fingerprint density at radius 2 is 2.07 bits per heavy atom. The van der Waals surface area contributed by atoms with Gasteiger partial charge >= 0.3 is 0 Å². The second-order valence-electron chi connectivity index (χ2n) is 8.12. The predicted octanol–water partition coefficient (Wildman–Crippen LogP) is 2.98. The predicted molar refractivity (Wildman–Crippen MR) is 110 cm³/mol. The van der Waals surface area contributed by atoms with Crippen molar-refractivity contribution in [1.82, 2.24) is 15.1 Å². The molecule has 0 saturated heterocycles. The molecule has 1 fully saturated rings. The Balaban J connectivity index is 1.44. The zero-order valence-electron chi connectivity index (χ0n) is 17.2. The number of aromatic nitrogens is 2. The van der Waals surface area contributed by atoms with Crippen LogP contribution in [0.1, 0.15) is 54.2 Å². The molecule has 0 atom stereocenters. The lowest BCUT2D eigenvalue weighted by Gasteiger charge is -2.39. The first-order valence-corrected chi connectivity index (χ1v) is 10.3. The first kappa shape index (κ1) is 19.5. The van der Waals surface area contributed by atoms with Crippen LogP contribution in [0.15, 0.2) is 24.3 Å². The number of carbonyl (C=O) groups excluding carboxylic acids is 2. The van der Waals surface area contributed by atoms with Gasteiger partial charge in [-0.2, -0.15) is 5.10 Å². The Labute approximate surface area is 170 Å². The summed E-state index contributed by atoms with van der Waals surface area (Å²) in [5, 5.41) is 10.5. The lowest BCUT2D eigenvalue weighted by molar-refractivity contribution is -0.122. The molecule has 7 nitrogen and oxygen atoms in total. The van der Waals surface area contributed by atoms with Crippen LogP contribution in [0.2, 0.25) is 0 Å². The number of anilines is 1. The van der Waals surface area contributed by atoms with Crippen LogP contribution in [-0.2, 0) is 18.3 Å². The highest BCUT2D eigenvalue weighted by Gasteiger charge is 2.42. The highest BCUT2D eigenvalue weighted by molar-refractivity contribution is 5.97. The van der Waals surface area contributed by atoms with E-state index in [0.29, 0.717) is 17.9 Å². The first-order valence-electron chi connectivity index (χ1n) is 10.3. The van der Waals surface area contributed by atoms with E-state index in [9.17, 15) is 9.59 Å². The molecule has 2 aromatic rings. The smallest absolute Gasteiger partial charge is 0.255 e. The molecule has 1 aliphatic heterocycles. The zero-order valence-corrected chi connectivity index (χ0v) is 17.2. The van der Waals surface area contributed by atoms with Gasteiger partial charge in [-0.3, -0.25) is 14.3 Å². The van der Waals surface area contributed by atoms with Gasteiger partial charge in [0.25, 0.3) is 5.91 Å². The highest BCUT2D eigenvalue weighted by Crippen LogP contribution is 2.38. The third-order valence-electron chi connectivity index (χ3n) is 6.26. The SMILES string of the molecule is CCc1nn(C)c(NC(=O)C2CCC3(CC2)CNC(=O)c2ccccc2O3)c1C. The molecule has 1 spiro atoms. The van der Waals surface area contributed by atoms with Crippen molar-refractivity contribution in [1.29, 1.82) is 0 Å². The molecule has 7 heteroatoms. The molecule has 154 valence electrons. The summed E-state index contributed by atoms with van der Waals surface area (Å²) in [6.45, 7) is 4.53. The summed E-state index contributed by atoms with van der Waals surface area (Å²) < 4.78 is 8.08. The van der Waals surface area contributed by atoms with Gasteiger partial charge in [0.05, 0.1) is 17.8 Å². The minimum absolute atomic E-state index is 0.0339. The van der Waals surface area contributed by atoms with Crippen molar-refractivity contribution in [3.05, 3.63) is 41.1 Å². The number of benzene rings is 1. The van der Waals surface area contributed by atoms with Gasteiger partial charge in [-0.05, 0) is 51.2 Å². The normalized spacial score (nSPS) is 23.7. The highest BCUT2D eigenvalue weighted by atomic mass is 16.5. The molecule has 29 heavy (non-hydrogen) atoms. The summed E-state index contributed by atoms with van der Waals surface area (Å²) in [6, 6.07) is 7.34. The lowest BCUT2D eigenvalue weighted by Crippen LogP contribution is -2.49. The molecule has 0 bridgehead atoms. The molecule has 0 radical (unpaired) electrons. The quantitative estimate of drug-likeness (QED) is 0.835. The van der Waals surface area contributed by atoms with Gasteiger partial charge in [-0.1, -0.05) is 19.1 Å². The summed E-state index contributed by atoms with van der Waals surface area (Å²) in [5.74, 6) is 1.27. The topological polar surface area (TPSA) is 85.3 Å². The number of nitrogens with zero attached hydrogens (tertiary/aromatic N) is 2. The summed E-state index contributed by atoms with van der Waals surface area (Å²) in [6.07, 6.45) is 3.74. The van der Waals surface area contributed by atoms with E-state index < -0.39 is 5.60 Å². The standard InChI is InChI=1S/C22H28N4O3/c1-4-17-14(2)19(26(3)25-17)24-20(27)15-9-11-22(12-10-15)13-23-21(28)16-7-5-6-8-18(16)29-22/h5-8,15H,4,9-13H2,1-3H3,(H,23,28)(H,24,27). The number of ether oxygens (including phenoxy) is 1. The number of hydrogen-bond donors (Lipinski definition) is 2. The molecule has 2 N–H and O–H groups in total. The molecular weight excluding hydrogens is 368 g/mol. The van der Waals surface area contributed by atoms with Crippen LogP contribution in [0.4, 0.5) is 5.82 Å². The maximum atomic E-state index is 12.9. The number of amides is 2. The molecule has 1 saturated carbocycles. The van der Waals surface area contributed by atoms with Gasteiger partial charge in [0, 0.05) is 18.5 Å². The largest absolute Gasteiger partial charge is 0.485 e. The number of carbonyl (C=O) groups is 2. The van der Waals surface area contributed by atoms with E-state index in [0.717, 1.165) is 49.2 Å². The van der Waals surface area contributed by atoms with Crippen molar-refractivity contribution < 1.29 is 14.3 Å². The van der Waals surface area contributed by atoms with E-state index >= 15 is 0 Å². The Morgan fingerprint density at radius 3 is 2.76 bits per heavy atom. The third kappa shape index (κ3) is 3.61. The molecule has 1 aromatic heterocycles. The van der Waals surface area contributed by atoms with E-state index in [1.54, 1.807) is 10.7 Å². The van der Waals surface area contributed by atoms with Crippen LogP contribution < -0.4 is 15.4 Å². The van der Waals surface area contributed by atoms with Gasteiger partial charge in [0.2, 0.25) is 5.91 Å². The van der Waals surface area contributed by atoms with Crippen molar-refractivity contribution in [2.75, 3.05) is 11.9 Å². The molecule has 4 rings (SSSR count). The van der Waals surface area contributed by atoms with E-state index in [2.05, 4.69) is 22.7 Å². The molecule has 2 amide bonds. The lowest BCUT2D eigenvalue weighted by atomic mass is 9.78. The number of fused-ring (bicyclic) bond motifs is 1. The van der Waals surface area contributed by atoms with Crippen molar-refractivity contribution in [3.8, 4) is 5.75 Å². The van der Waals surface area contributed by atoms with Crippen LogP contribution in [0.3, 0.4) is 0 Å². The van der Waals surface area contributed by atoms with Crippen LogP contribution in [0.5, 0.6) is 5.75 Å². The van der Waals surface area contributed by atoms with Gasteiger partial charge in [0.15, 0.2) is 0 Å². The fourth-order valence-electron chi connectivity index (χ4n) is 4.45. The van der Waals surface area contributed by atoms with Crippen LogP contribution >= 0.6 is 0 Å². The third-order valence-corrected chi connectivity index (χ3v) is 6.26. The zero-order chi connectivity index (χ0) is 20.6. The van der Waals surface area contributed by atoms with E-state index in [1.165, 1.54) is 0 Å². The Kier molecular flexibility index (Phi) is 5.06. The summed E-state index contributed by atoms with van der Waals surface area (Å²) in [5.41, 5.74) is 2.16. The van der Waals surface area contributed by atoms with Crippen LogP contribution in [0.25, 0.3) is 0 Å². The Hall–Kier alpha value is -2.83. The minimum Gasteiger partial charge on any atom is -0.485 e. The van der Waals surface area contributed by atoms with Crippen molar-refractivity contribution in [2.24, 2.45) is 13.0 Å². The van der Waals surface area contributed by atoms with E-state index in [1.807, 2.05) is 32.2 Å². The van der Waals surface area contributed by atoms with Gasteiger partial charge < -0.3 is 15.4 Å². The Morgan fingerprint density at radius 1 is 1.34 bits per heavy atom. The van der Waals surface area contributed by atoms with E-state index in [-0.39, 0.29) is 17.7 Å². The number of rotatable bonds is 3. The molecular formula is C22H28N4O3. The molecule has 1 aliphatic carbocycles. The average molecular weight is 396 g/mol. The maximum absolute atomic E-state index is 12.9. The van der Waals surface area contributed by atoms with Gasteiger partial charge in [0.1, 0.15) is 17.2 Å². The second kappa shape index (κ2) is 7.54. The average Bonchev–Trinajstić information content (AvgIpc) is 2.92. The second-order valence-corrected chi connectivity index (χ2v) is 8.12. The van der Waals surface area contributed by atoms with Crippen LogP contribution in [-0.4, -0.2) is 33.7 Å². The molecule has 2 heterocycles. The molecule has 2 aliphatic rings. The monoisotopic (exact) mass is 396 g/mol. The van der Waals surface area contributed by atoms with Gasteiger partial charge in [-0.25, -0.2) is 0 Å².